The molecule has 0 radical (unpaired) electrons. The Morgan fingerprint density at radius 3 is 2.59 bits per heavy atom. The molecule has 0 saturated carbocycles. The second kappa shape index (κ2) is 9.67. The Morgan fingerprint density at radius 2 is 1.91 bits per heavy atom. The van der Waals surface area contributed by atoms with E-state index in [1.165, 1.54) is 11.8 Å². The number of para-hydroxylation sites is 1. The van der Waals surface area contributed by atoms with Gasteiger partial charge in [0.2, 0.25) is 5.91 Å². The summed E-state index contributed by atoms with van der Waals surface area (Å²) in [6, 6.07) is 14.1. The Kier molecular flexibility index (Phi) is 6.72. The molecule has 0 aliphatic carbocycles. The van der Waals surface area contributed by atoms with E-state index < -0.39 is 0 Å². The summed E-state index contributed by atoms with van der Waals surface area (Å²) in [5, 5.41) is 1.03. The summed E-state index contributed by atoms with van der Waals surface area (Å²) in [4.78, 5) is 44.3. The lowest BCUT2D eigenvalue weighted by Gasteiger charge is -2.19. The minimum atomic E-state index is -0.223. The summed E-state index contributed by atoms with van der Waals surface area (Å²) >= 11 is 1.25. The molecule has 1 atom stereocenters. The number of thioether (sulfide) groups is 1. The number of carbonyl (C=O) groups excluding carboxylic acids is 2. The highest BCUT2D eigenvalue weighted by Crippen LogP contribution is 2.24. The molecular weight excluding hydrogens is 426 g/mol. The third-order valence-electron chi connectivity index (χ3n) is 5.53. The largest absolute Gasteiger partial charge is 0.383 e. The topological polar surface area (TPSA) is 81.5 Å². The molecule has 8 heteroatoms. The zero-order valence-corrected chi connectivity index (χ0v) is 18.9. The fraction of sp³-hybridized carbons (Fsp3) is 0.333. The van der Waals surface area contributed by atoms with Crippen LogP contribution >= 0.6 is 11.8 Å². The molecule has 1 amide bonds. The van der Waals surface area contributed by atoms with Gasteiger partial charge in [-0.15, -0.1) is 0 Å². The highest BCUT2D eigenvalue weighted by atomic mass is 32.2. The number of ether oxygens (including phenoxy) is 1. The lowest BCUT2D eigenvalue weighted by atomic mass is 10.1. The van der Waals surface area contributed by atoms with Crippen LogP contribution in [-0.2, 0) is 9.53 Å². The van der Waals surface area contributed by atoms with Crippen molar-refractivity contribution in [3.05, 3.63) is 64.4 Å². The fourth-order valence-corrected chi connectivity index (χ4v) is 4.89. The van der Waals surface area contributed by atoms with Gasteiger partial charge in [0, 0.05) is 31.3 Å². The summed E-state index contributed by atoms with van der Waals surface area (Å²) in [7, 11) is 1.59. The summed E-state index contributed by atoms with van der Waals surface area (Å²) in [5.41, 5.74) is 1.84. The normalized spacial score (nSPS) is 14.8. The molecular formula is C24H25N3O4S. The van der Waals surface area contributed by atoms with Crippen LogP contribution in [0.15, 0.2) is 58.5 Å². The van der Waals surface area contributed by atoms with Crippen LogP contribution in [0.2, 0.25) is 0 Å². The number of hydrogen-bond donors (Lipinski definition) is 0. The summed E-state index contributed by atoms with van der Waals surface area (Å²) in [5.74, 6) is 0.194. The monoisotopic (exact) mass is 451 g/mol. The highest BCUT2D eigenvalue weighted by Gasteiger charge is 2.22. The van der Waals surface area contributed by atoms with Crippen LogP contribution < -0.4 is 10.5 Å². The first-order valence-corrected chi connectivity index (χ1v) is 11.5. The number of amides is 1. The van der Waals surface area contributed by atoms with Gasteiger partial charge in [0.25, 0.3) is 5.56 Å². The maximum atomic E-state index is 13.1. The van der Waals surface area contributed by atoms with Crippen LogP contribution in [0.3, 0.4) is 0 Å². The Morgan fingerprint density at radius 1 is 1.16 bits per heavy atom. The van der Waals surface area contributed by atoms with E-state index in [1.54, 1.807) is 40.8 Å². The molecule has 4 rings (SSSR count). The van der Waals surface area contributed by atoms with Crippen molar-refractivity contribution in [2.24, 2.45) is 0 Å². The third-order valence-corrected chi connectivity index (χ3v) is 6.48. The first kappa shape index (κ1) is 22.2. The maximum Gasteiger partial charge on any atom is 0.262 e. The van der Waals surface area contributed by atoms with Crippen molar-refractivity contribution in [3.8, 4) is 0 Å². The second-order valence-corrected chi connectivity index (χ2v) is 8.74. The molecule has 0 unspecified atom stereocenters. The average Bonchev–Trinajstić information content (AvgIpc) is 3.23. The number of anilines is 1. The second-order valence-electron chi connectivity index (χ2n) is 7.80. The van der Waals surface area contributed by atoms with Gasteiger partial charge in [-0.05, 0) is 49.7 Å². The van der Waals surface area contributed by atoms with Crippen LogP contribution in [0.5, 0.6) is 0 Å². The lowest BCUT2D eigenvalue weighted by molar-refractivity contribution is -0.117. The van der Waals surface area contributed by atoms with Gasteiger partial charge in [0.05, 0.1) is 29.3 Å². The zero-order chi connectivity index (χ0) is 22.7. The molecule has 1 aliphatic rings. The van der Waals surface area contributed by atoms with Crippen molar-refractivity contribution in [2.75, 3.05) is 30.9 Å². The molecule has 166 valence electrons. The minimum absolute atomic E-state index is 0.0670. The molecule has 0 bridgehead atoms. The predicted octanol–water partition coefficient (Wildman–Crippen LogP) is 3.71. The van der Waals surface area contributed by atoms with Crippen LogP contribution in [0.4, 0.5) is 5.69 Å². The number of fused-ring (bicyclic) bond motifs is 1. The van der Waals surface area contributed by atoms with E-state index in [1.807, 2.05) is 31.2 Å². The van der Waals surface area contributed by atoms with Crippen LogP contribution in [0, 0.1) is 0 Å². The van der Waals surface area contributed by atoms with E-state index in [0.717, 1.165) is 12.1 Å². The van der Waals surface area contributed by atoms with Crippen molar-refractivity contribution in [3.63, 3.8) is 0 Å². The van der Waals surface area contributed by atoms with E-state index in [9.17, 15) is 14.4 Å². The van der Waals surface area contributed by atoms with E-state index >= 15 is 0 Å². The molecule has 2 aromatic carbocycles. The molecule has 1 fully saturated rings. The minimum Gasteiger partial charge on any atom is -0.383 e. The van der Waals surface area contributed by atoms with E-state index in [-0.39, 0.29) is 29.0 Å². The summed E-state index contributed by atoms with van der Waals surface area (Å²) < 4.78 is 6.85. The Bertz CT molecular complexity index is 1210. The molecule has 2 heterocycles. The van der Waals surface area contributed by atoms with E-state index in [2.05, 4.69) is 4.98 Å². The number of rotatable bonds is 8. The standard InChI is InChI=1S/C24H25N3O4S/c1-16(14-31-2)27-23(30)19-6-3-4-7-20(19)25-24(27)32-15-21(28)17-9-11-18(12-10-17)26-13-5-8-22(26)29/h3-4,6-7,9-12,16H,5,8,13-15H2,1-2H3/t16-/m0/s1. The van der Waals surface area contributed by atoms with Gasteiger partial charge in [0.1, 0.15) is 0 Å². The molecule has 1 saturated heterocycles. The van der Waals surface area contributed by atoms with Crippen LogP contribution in [0.1, 0.15) is 36.2 Å². The van der Waals surface area contributed by atoms with Crippen LogP contribution in [0.25, 0.3) is 10.9 Å². The lowest BCUT2D eigenvalue weighted by Crippen LogP contribution is -2.28. The number of aromatic nitrogens is 2. The first-order valence-electron chi connectivity index (χ1n) is 10.6. The highest BCUT2D eigenvalue weighted by molar-refractivity contribution is 7.99. The molecule has 1 aromatic heterocycles. The predicted molar refractivity (Wildman–Crippen MR) is 126 cm³/mol. The molecule has 0 spiro atoms. The number of methoxy groups -OCH3 is 1. The number of nitrogens with zero attached hydrogens (tertiary/aromatic N) is 3. The SMILES string of the molecule is COC[C@H](C)n1c(SCC(=O)c2ccc(N3CCCC3=O)cc2)nc2ccccc2c1=O. The number of Topliss-reactive ketones (excluding diaryl/α,β-unsaturated/α-hetero) is 1. The van der Waals surface area contributed by atoms with Crippen molar-refractivity contribution in [1.82, 2.24) is 9.55 Å². The number of ketones is 1. The Hall–Kier alpha value is -2.97. The fourth-order valence-electron chi connectivity index (χ4n) is 3.89. The van der Waals surface area contributed by atoms with Gasteiger partial charge in [-0.3, -0.25) is 19.0 Å². The van der Waals surface area contributed by atoms with Gasteiger partial charge in [-0.2, -0.15) is 0 Å². The maximum absolute atomic E-state index is 13.1. The molecule has 32 heavy (non-hydrogen) atoms. The third kappa shape index (κ3) is 4.47. The van der Waals surface area contributed by atoms with Gasteiger partial charge in [0.15, 0.2) is 10.9 Å². The van der Waals surface area contributed by atoms with Crippen molar-refractivity contribution >= 4 is 40.0 Å². The van der Waals surface area contributed by atoms with Gasteiger partial charge >= 0.3 is 0 Å². The van der Waals surface area contributed by atoms with E-state index in [4.69, 9.17) is 4.74 Å². The number of hydrogen-bond acceptors (Lipinski definition) is 6. The van der Waals surface area contributed by atoms with Crippen LogP contribution in [-0.4, -0.2) is 47.3 Å². The molecule has 1 aliphatic heterocycles. The number of carbonyl (C=O) groups is 2. The average molecular weight is 452 g/mol. The molecule has 0 N–H and O–H groups in total. The molecule has 7 nitrogen and oxygen atoms in total. The summed E-state index contributed by atoms with van der Waals surface area (Å²) in [6.45, 7) is 2.97. The Balaban J connectivity index is 1.55. The quantitative estimate of drug-likeness (QED) is 0.295. The zero-order valence-electron chi connectivity index (χ0n) is 18.1. The smallest absolute Gasteiger partial charge is 0.262 e. The molecule has 3 aromatic rings. The van der Waals surface area contributed by atoms with E-state index in [0.29, 0.717) is 41.2 Å². The van der Waals surface area contributed by atoms with Gasteiger partial charge in [-0.25, -0.2) is 4.98 Å². The van der Waals surface area contributed by atoms with Gasteiger partial charge in [-0.1, -0.05) is 23.9 Å². The van der Waals surface area contributed by atoms with Crippen molar-refractivity contribution in [2.45, 2.75) is 31.0 Å². The van der Waals surface area contributed by atoms with Crippen molar-refractivity contribution in [1.29, 1.82) is 0 Å². The van der Waals surface area contributed by atoms with Gasteiger partial charge < -0.3 is 9.64 Å². The van der Waals surface area contributed by atoms with Crippen molar-refractivity contribution < 1.29 is 14.3 Å². The first-order chi connectivity index (χ1) is 15.5. The summed E-state index contributed by atoms with van der Waals surface area (Å²) in [6.07, 6.45) is 1.43. The Labute approximate surface area is 190 Å². The number of benzene rings is 2.